The van der Waals surface area contributed by atoms with Crippen LogP contribution in [0.15, 0.2) is 0 Å². The third kappa shape index (κ3) is 2.33. The molecule has 5 aliphatic rings. The van der Waals surface area contributed by atoms with E-state index in [2.05, 4.69) is 17.1 Å². The Hall–Kier alpha value is -0.0800. The van der Waals surface area contributed by atoms with Crippen LogP contribution in [-0.4, -0.2) is 36.6 Å². The van der Waals surface area contributed by atoms with E-state index in [9.17, 15) is 0 Å². The topological polar surface area (TPSA) is 15.3 Å². The van der Waals surface area contributed by atoms with Crippen LogP contribution in [0.1, 0.15) is 58.3 Å². The minimum atomic E-state index is 0.661. The third-order valence-electron chi connectivity index (χ3n) is 6.82. The van der Waals surface area contributed by atoms with E-state index < -0.39 is 0 Å². The van der Waals surface area contributed by atoms with Gasteiger partial charge < -0.3 is 5.32 Å². The van der Waals surface area contributed by atoms with Crippen LogP contribution in [0.4, 0.5) is 0 Å². The summed E-state index contributed by atoms with van der Waals surface area (Å²) >= 11 is 0. The molecule has 2 nitrogen and oxygen atoms in total. The molecule has 4 bridgehead atoms. The maximum absolute atomic E-state index is 3.64. The summed E-state index contributed by atoms with van der Waals surface area (Å²) in [6, 6.07) is 0. The Labute approximate surface area is 124 Å². The molecule has 0 spiro atoms. The van der Waals surface area contributed by atoms with E-state index in [0.717, 1.165) is 23.7 Å². The quantitative estimate of drug-likeness (QED) is 0.775. The van der Waals surface area contributed by atoms with Crippen molar-refractivity contribution in [3.05, 3.63) is 0 Å². The first-order valence-corrected chi connectivity index (χ1v) is 9.23. The first-order chi connectivity index (χ1) is 9.77. The van der Waals surface area contributed by atoms with Gasteiger partial charge in [-0.25, -0.2) is 0 Å². The van der Waals surface area contributed by atoms with E-state index in [4.69, 9.17) is 0 Å². The molecule has 20 heavy (non-hydrogen) atoms. The lowest BCUT2D eigenvalue weighted by molar-refractivity contribution is -0.0813. The summed E-state index contributed by atoms with van der Waals surface area (Å²) in [5, 5.41) is 3.64. The second kappa shape index (κ2) is 5.28. The minimum absolute atomic E-state index is 0.661. The fourth-order valence-corrected chi connectivity index (χ4v) is 6.37. The lowest BCUT2D eigenvalue weighted by Crippen LogP contribution is -2.59. The lowest BCUT2D eigenvalue weighted by Gasteiger charge is -2.60. The molecule has 5 rings (SSSR count). The maximum Gasteiger partial charge on any atom is 0.0217 e. The second-order valence-corrected chi connectivity index (χ2v) is 8.45. The van der Waals surface area contributed by atoms with Gasteiger partial charge in [-0.3, -0.25) is 4.90 Å². The lowest BCUT2D eigenvalue weighted by atomic mass is 9.52. The van der Waals surface area contributed by atoms with Crippen LogP contribution in [0.25, 0.3) is 0 Å². The van der Waals surface area contributed by atoms with E-state index >= 15 is 0 Å². The summed E-state index contributed by atoms with van der Waals surface area (Å²) in [7, 11) is 0. The monoisotopic (exact) mass is 276 g/mol. The molecule has 1 atom stereocenters. The van der Waals surface area contributed by atoms with E-state index in [-0.39, 0.29) is 0 Å². The van der Waals surface area contributed by atoms with Crippen LogP contribution < -0.4 is 5.32 Å². The predicted octanol–water partition coefficient (Wildman–Crippen LogP) is 3.28. The number of hydrogen-bond acceptors (Lipinski definition) is 2. The molecule has 0 amide bonds. The summed E-state index contributed by atoms with van der Waals surface area (Å²) in [6.07, 6.45) is 12.1. The van der Waals surface area contributed by atoms with Gasteiger partial charge in [0, 0.05) is 12.1 Å². The Morgan fingerprint density at radius 1 is 1.05 bits per heavy atom. The molecule has 2 heteroatoms. The van der Waals surface area contributed by atoms with Gasteiger partial charge in [0.05, 0.1) is 0 Å². The summed E-state index contributed by atoms with van der Waals surface area (Å²) in [5.74, 6) is 4.21. The molecule has 5 fully saturated rings. The highest BCUT2D eigenvalue weighted by Gasteiger charge is 2.54. The molecule has 1 heterocycles. The molecule has 1 unspecified atom stereocenters. The van der Waals surface area contributed by atoms with Crippen molar-refractivity contribution in [2.45, 2.75) is 63.8 Å². The number of nitrogens with one attached hydrogen (secondary N) is 1. The van der Waals surface area contributed by atoms with Crippen molar-refractivity contribution < 1.29 is 0 Å². The van der Waals surface area contributed by atoms with E-state index in [0.29, 0.717) is 5.54 Å². The highest BCUT2D eigenvalue weighted by atomic mass is 15.2. The Kier molecular flexibility index (Phi) is 3.58. The third-order valence-corrected chi connectivity index (χ3v) is 6.82. The van der Waals surface area contributed by atoms with Crippen molar-refractivity contribution in [1.29, 1.82) is 0 Å². The summed E-state index contributed by atoms with van der Waals surface area (Å²) in [5.41, 5.74) is 0.661. The minimum Gasteiger partial charge on any atom is -0.316 e. The first-order valence-electron chi connectivity index (χ1n) is 9.23. The van der Waals surface area contributed by atoms with Crippen LogP contribution in [0.3, 0.4) is 0 Å². The summed E-state index contributed by atoms with van der Waals surface area (Å²) in [4.78, 5) is 2.95. The molecule has 4 aliphatic carbocycles. The van der Waals surface area contributed by atoms with Crippen LogP contribution in [0, 0.1) is 23.7 Å². The van der Waals surface area contributed by atoms with Crippen LogP contribution in [-0.2, 0) is 0 Å². The first kappa shape index (κ1) is 13.6. The SMILES string of the molecule is CCCNCC1CCN(C23CC4CC(CC(C4)C2)C3)C1. The van der Waals surface area contributed by atoms with Crippen molar-refractivity contribution in [1.82, 2.24) is 10.2 Å². The molecule has 1 saturated heterocycles. The van der Waals surface area contributed by atoms with E-state index in [1.54, 1.807) is 38.5 Å². The Balaban J connectivity index is 1.39. The van der Waals surface area contributed by atoms with Crippen LogP contribution in [0.2, 0.25) is 0 Å². The van der Waals surface area contributed by atoms with Crippen LogP contribution >= 0.6 is 0 Å². The smallest absolute Gasteiger partial charge is 0.0217 e. The molecule has 0 aromatic rings. The summed E-state index contributed by atoms with van der Waals surface area (Å²) < 4.78 is 0. The normalized spacial score (nSPS) is 47.2. The predicted molar refractivity (Wildman–Crippen MR) is 83.7 cm³/mol. The van der Waals surface area contributed by atoms with Crippen molar-refractivity contribution in [2.24, 2.45) is 23.7 Å². The van der Waals surface area contributed by atoms with Gasteiger partial charge in [0.1, 0.15) is 0 Å². The van der Waals surface area contributed by atoms with Gasteiger partial charge in [0.25, 0.3) is 0 Å². The Bertz CT molecular complexity index is 316. The number of nitrogens with zero attached hydrogens (tertiary/aromatic N) is 1. The Morgan fingerprint density at radius 3 is 2.30 bits per heavy atom. The molecular formula is C18H32N2. The van der Waals surface area contributed by atoms with Crippen molar-refractivity contribution >= 4 is 0 Å². The molecule has 0 radical (unpaired) electrons. The molecule has 114 valence electrons. The van der Waals surface area contributed by atoms with Gasteiger partial charge in [-0.2, -0.15) is 0 Å². The number of hydrogen-bond donors (Lipinski definition) is 1. The fraction of sp³-hybridized carbons (Fsp3) is 1.00. The molecule has 1 N–H and O–H groups in total. The number of likely N-dealkylation sites (tertiary alicyclic amines) is 1. The zero-order chi connectivity index (χ0) is 13.6. The maximum atomic E-state index is 3.64. The Morgan fingerprint density at radius 2 is 1.70 bits per heavy atom. The molecule has 0 aromatic heterocycles. The molecule has 4 saturated carbocycles. The van der Waals surface area contributed by atoms with Crippen LogP contribution in [0.5, 0.6) is 0 Å². The van der Waals surface area contributed by atoms with Gasteiger partial charge in [0.15, 0.2) is 0 Å². The van der Waals surface area contributed by atoms with Gasteiger partial charge in [-0.1, -0.05) is 6.92 Å². The largest absolute Gasteiger partial charge is 0.316 e. The average Bonchev–Trinajstić information content (AvgIpc) is 2.87. The second-order valence-electron chi connectivity index (χ2n) is 8.45. The van der Waals surface area contributed by atoms with Crippen molar-refractivity contribution in [3.8, 4) is 0 Å². The van der Waals surface area contributed by atoms with E-state index in [1.807, 2.05) is 0 Å². The molecule has 0 aromatic carbocycles. The number of rotatable bonds is 5. The van der Waals surface area contributed by atoms with Gasteiger partial charge >= 0.3 is 0 Å². The van der Waals surface area contributed by atoms with Crippen molar-refractivity contribution in [2.75, 3.05) is 26.2 Å². The highest BCUT2D eigenvalue weighted by molar-refractivity contribution is 5.08. The molecule has 1 aliphatic heterocycles. The zero-order valence-corrected chi connectivity index (χ0v) is 13.2. The fourth-order valence-electron chi connectivity index (χ4n) is 6.37. The van der Waals surface area contributed by atoms with Gasteiger partial charge in [-0.05, 0) is 94.7 Å². The van der Waals surface area contributed by atoms with E-state index in [1.165, 1.54) is 39.0 Å². The molecular weight excluding hydrogens is 244 g/mol. The standard InChI is InChI=1S/C18H32N2/c1-2-4-19-12-14-3-5-20(13-14)18-9-15-6-16(10-18)8-17(7-15)11-18/h14-17,19H,2-13H2,1H3. The summed E-state index contributed by atoms with van der Waals surface area (Å²) in [6.45, 7) is 7.52. The zero-order valence-electron chi connectivity index (χ0n) is 13.2. The van der Waals surface area contributed by atoms with Gasteiger partial charge in [-0.15, -0.1) is 0 Å². The average molecular weight is 276 g/mol. The van der Waals surface area contributed by atoms with Gasteiger partial charge in [0.2, 0.25) is 0 Å². The van der Waals surface area contributed by atoms with Crippen molar-refractivity contribution in [3.63, 3.8) is 0 Å². The highest BCUT2D eigenvalue weighted by Crippen LogP contribution is 2.58.